The fraction of sp³-hybridized carbons (Fsp3) is 0.0323. The van der Waals surface area contributed by atoms with Gasteiger partial charge in [-0.1, -0.05) is 24.3 Å². The third-order valence-electron chi connectivity index (χ3n) is 6.02. The number of aryl methyl sites for hydroxylation is 1. The number of esters is 2. The summed E-state index contributed by atoms with van der Waals surface area (Å²) in [5, 5.41) is 3.17. The van der Waals surface area contributed by atoms with Crippen LogP contribution in [0.5, 0.6) is 23.0 Å². The lowest BCUT2D eigenvalue weighted by atomic mass is 10.1. The zero-order valence-electron chi connectivity index (χ0n) is 20.6. The number of ether oxygens (including phenoxy) is 4. The number of fused-ring (bicyclic) bond motifs is 2. The molecule has 0 amide bonds. The molecule has 0 radical (unpaired) electrons. The summed E-state index contributed by atoms with van der Waals surface area (Å²) in [7, 11) is 0. The molecule has 0 bridgehead atoms. The van der Waals surface area contributed by atoms with Gasteiger partial charge in [0.2, 0.25) is 0 Å². The molecule has 0 aliphatic heterocycles. The molecule has 0 spiro atoms. The zero-order valence-corrected chi connectivity index (χ0v) is 20.6. The predicted octanol–water partition coefficient (Wildman–Crippen LogP) is 5.81. The van der Waals surface area contributed by atoms with Crippen LogP contribution in [0.15, 0.2) is 91.0 Å². The van der Waals surface area contributed by atoms with Gasteiger partial charge in [0.25, 0.3) is 12.9 Å². The molecule has 8 nitrogen and oxygen atoms in total. The lowest BCUT2D eigenvalue weighted by Crippen LogP contribution is -2.10. The molecule has 0 saturated heterocycles. The number of hydrogen-bond acceptors (Lipinski definition) is 8. The number of hydrogen-bond donors (Lipinski definition) is 0. The van der Waals surface area contributed by atoms with Gasteiger partial charge in [0, 0.05) is 0 Å². The molecule has 0 aromatic heterocycles. The largest absolute Gasteiger partial charge is 0.429 e. The van der Waals surface area contributed by atoms with Gasteiger partial charge < -0.3 is 18.9 Å². The molecule has 192 valence electrons. The van der Waals surface area contributed by atoms with Gasteiger partial charge in [-0.05, 0) is 101 Å². The average Bonchev–Trinajstić information content (AvgIpc) is 2.94. The first-order chi connectivity index (χ1) is 18.9. The molecule has 0 saturated carbocycles. The first-order valence-electron chi connectivity index (χ1n) is 11.8. The van der Waals surface area contributed by atoms with E-state index in [1.807, 2.05) is 0 Å². The standard InChI is InChI=1S/C31H20O8/c1-19-12-28(38-30(34)24-4-2-22-15-26(36-17-32)8-6-20(22)13-24)10-11-29(19)39-31(35)25-5-3-23-16-27(37-18-33)9-7-21(23)14-25/h2-18H,1H3. The van der Waals surface area contributed by atoms with Gasteiger partial charge in [-0.2, -0.15) is 0 Å². The normalized spacial score (nSPS) is 10.6. The van der Waals surface area contributed by atoms with E-state index in [1.54, 1.807) is 97.9 Å². The van der Waals surface area contributed by atoms with Crippen LogP contribution in [0.25, 0.3) is 21.5 Å². The molecule has 0 N–H and O–H groups in total. The highest BCUT2D eigenvalue weighted by Crippen LogP contribution is 2.27. The maximum atomic E-state index is 12.8. The minimum Gasteiger partial charge on any atom is -0.429 e. The van der Waals surface area contributed by atoms with Gasteiger partial charge in [-0.3, -0.25) is 9.59 Å². The maximum absolute atomic E-state index is 12.8. The molecule has 5 aromatic rings. The number of rotatable bonds is 8. The average molecular weight is 520 g/mol. The Kier molecular flexibility index (Phi) is 7.00. The van der Waals surface area contributed by atoms with Gasteiger partial charge in [0.1, 0.15) is 23.0 Å². The summed E-state index contributed by atoms with van der Waals surface area (Å²) in [6.45, 7) is 2.45. The first kappa shape index (κ1) is 25.2. The smallest absolute Gasteiger partial charge is 0.343 e. The summed E-state index contributed by atoms with van der Waals surface area (Å²) in [6.07, 6.45) is 0. The number of carbonyl (C=O) groups is 4. The Morgan fingerprint density at radius 1 is 0.538 bits per heavy atom. The molecule has 0 aliphatic rings. The number of carbonyl (C=O) groups excluding carboxylic acids is 4. The fourth-order valence-electron chi connectivity index (χ4n) is 4.08. The Labute approximate surface area is 222 Å². The van der Waals surface area contributed by atoms with Crippen molar-refractivity contribution in [3.63, 3.8) is 0 Å². The lowest BCUT2D eigenvalue weighted by Gasteiger charge is -2.11. The van der Waals surface area contributed by atoms with Crippen LogP contribution >= 0.6 is 0 Å². The Bertz CT molecular complexity index is 1760. The Morgan fingerprint density at radius 3 is 1.51 bits per heavy atom. The second-order valence-electron chi connectivity index (χ2n) is 8.58. The van der Waals surface area contributed by atoms with E-state index in [0.29, 0.717) is 52.6 Å². The van der Waals surface area contributed by atoms with Crippen molar-refractivity contribution in [1.82, 2.24) is 0 Å². The lowest BCUT2D eigenvalue weighted by molar-refractivity contribution is -0.121. The van der Waals surface area contributed by atoms with E-state index in [1.165, 1.54) is 0 Å². The summed E-state index contributed by atoms with van der Waals surface area (Å²) in [6, 6.07) is 25.0. The van der Waals surface area contributed by atoms with Crippen LogP contribution in [0, 0.1) is 6.92 Å². The third-order valence-corrected chi connectivity index (χ3v) is 6.02. The monoisotopic (exact) mass is 520 g/mol. The van der Waals surface area contributed by atoms with Crippen LogP contribution in [-0.4, -0.2) is 24.9 Å². The molecular weight excluding hydrogens is 500 g/mol. The molecule has 0 atom stereocenters. The minimum atomic E-state index is -0.549. The molecule has 0 heterocycles. The van der Waals surface area contributed by atoms with Crippen LogP contribution in [0.3, 0.4) is 0 Å². The van der Waals surface area contributed by atoms with E-state index in [-0.39, 0.29) is 0 Å². The van der Waals surface area contributed by atoms with E-state index in [0.717, 1.165) is 21.5 Å². The SMILES string of the molecule is Cc1cc(OC(=O)c2ccc3cc(OC=O)ccc3c2)ccc1OC(=O)c1ccc2cc(OC=O)ccc2c1. The van der Waals surface area contributed by atoms with Crippen molar-refractivity contribution in [2.24, 2.45) is 0 Å². The van der Waals surface area contributed by atoms with Crippen LogP contribution in [0.4, 0.5) is 0 Å². The quantitative estimate of drug-likeness (QED) is 0.143. The maximum Gasteiger partial charge on any atom is 0.343 e. The summed E-state index contributed by atoms with van der Waals surface area (Å²) in [5.41, 5.74) is 1.30. The summed E-state index contributed by atoms with van der Waals surface area (Å²) < 4.78 is 20.8. The van der Waals surface area contributed by atoms with E-state index in [4.69, 9.17) is 18.9 Å². The Balaban J connectivity index is 1.27. The topological polar surface area (TPSA) is 105 Å². The Morgan fingerprint density at radius 2 is 1.00 bits per heavy atom. The second-order valence-corrected chi connectivity index (χ2v) is 8.58. The summed E-state index contributed by atoms with van der Waals surface area (Å²) in [5.74, 6) is 0.344. The van der Waals surface area contributed by atoms with Crippen LogP contribution in [0.2, 0.25) is 0 Å². The van der Waals surface area contributed by atoms with Crippen molar-refractivity contribution in [1.29, 1.82) is 0 Å². The van der Waals surface area contributed by atoms with Gasteiger partial charge >= 0.3 is 11.9 Å². The third kappa shape index (κ3) is 5.60. The van der Waals surface area contributed by atoms with Crippen molar-refractivity contribution in [2.75, 3.05) is 0 Å². The Hall–Kier alpha value is -5.50. The zero-order chi connectivity index (χ0) is 27.4. The van der Waals surface area contributed by atoms with Crippen molar-refractivity contribution >= 4 is 46.4 Å². The number of benzene rings is 5. The van der Waals surface area contributed by atoms with Gasteiger partial charge in [-0.15, -0.1) is 0 Å². The van der Waals surface area contributed by atoms with E-state index >= 15 is 0 Å². The van der Waals surface area contributed by atoms with Crippen LogP contribution in [0.1, 0.15) is 26.3 Å². The molecule has 0 aliphatic carbocycles. The molecule has 0 fully saturated rings. The molecule has 39 heavy (non-hydrogen) atoms. The molecule has 0 unspecified atom stereocenters. The molecule has 5 aromatic carbocycles. The second kappa shape index (κ2) is 10.9. The van der Waals surface area contributed by atoms with Crippen LogP contribution in [-0.2, 0) is 9.59 Å². The highest BCUT2D eigenvalue weighted by atomic mass is 16.5. The summed E-state index contributed by atoms with van der Waals surface area (Å²) in [4.78, 5) is 46.6. The van der Waals surface area contributed by atoms with E-state index < -0.39 is 11.9 Å². The van der Waals surface area contributed by atoms with Gasteiger partial charge in [-0.25, -0.2) is 9.59 Å². The van der Waals surface area contributed by atoms with Crippen molar-refractivity contribution in [2.45, 2.75) is 6.92 Å². The van der Waals surface area contributed by atoms with Crippen molar-refractivity contribution < 1.29 is 38.1 Å². The fourth-order valence-corrected chi connectivity index (χ4v) is 4.08. The molecular formula is C31H20O8. The highest BCUT2D eigenvalue weighted by molar-refractivity contribution is 5.98. The minimum absolute atomic E-state index is 0.297. The van der Waals surface area contributed by atoms with E-state index in [2.05, 4.69) is 0 Å². The van der Waals surface area contributed by atoms with Crippen molar-refractivity contribution in [3.8, 4) is 23.0 Å². The van der Waals surface area contributed by atoms with Crippen LogP contribution < -0.4 is 18.9 Å². The van der Waals surface area contributed by atoms with Crippen molar-refractivity contribution in [3.05, 3.63) is 108 Å². The van der Waals surface area contributed by atoms with Gasteiger partial charge in [0.15, 0.2) is 0 Å². The first-order valence-corrected chi connectivity index (χ1v) is 11.8. The summed E-state index contributed by atoms with van der Waals surface area (Å²) >= 11 is 0. The molecule has 5 rings (SSSR count). The predicted molar refractivity (Wildman–Crippen MR) is 142 cm³/mol. The van der Waals surface area contributed by atoms with Gasteiger partial charge in [0.05, 0.1) is 11.1 Å². The molecule has 8 heteroatoms. The highest BCUT2D eigenvalue weighted by Gasteiger charge is 2.14. The van der Waals surface area contributed by atoms with E-state index in [9.17, 15) is 19.2 Å².